The molecule has 0 radical (unpaired) electrons. The van der Waals surface area contributed by atoms with Crippen LogP contribution in [0.4, 0.5) is 5.82 Å². The molecule has 1 rings (SSSR count). The Morgan fingerprint density at radius 1 is 1.53 bits per heavy atom. The molecule has 0 aliphatic carbocycles. The molecule has 1 unspecified atom stereocenters. The molecule has 84 valence electrons. The summed E-state index contributed by atoms with van der Waals surface area (Å²) in [6.07, 6.45) is 1.30. The number of aliphatic hydroxyl groups excluding tert-OH is 1. The number of hydrogen-bond acceptors (Lipinski definition) is 3. The van der Waals surface area contributed by atoms with Crippen LogP contribution in [0.15, 0.2) is 16.7 Å². The van der Waals surface area contributed by atoms with Gasteiger partial charge in [-0.1, -0.05) is 0 Å². The van der Waals surface area contributed by atoms with Gasteiger partial charge in [-0.25, -0.2) is 4.98 Å². The largest absolute Gasteiger partial charge is 0.391 e. The van der Waals surface area contributed by atoms with Gasteiger partial charge in [0.05, 0.1) is 11.6 Å². The van der Waals surface area contributed by atoms with E-state index in [1.807, 2.05) is 26.8 Å². The van der Waals surface area contributed by atoms with E-state index in [4.69, 9.17) is 0 Å². The molecule has 0 saturated carbocycles. The molecule has 0 spiro atoms. The number of aryl methyl sites for hydroxylation is 1. The molecule has 0 fully saturated rings. The monoisotopic (exact) mass is 272 g/mol. The Hall–Kier alpha value is -0.610. The van der Waals surface area contributed by atoms with E-state index in [0.29, 0.717) is 0 Å². The molecule has 0 aliphatic rings. The number of hydrogen-bond donors (Lipinski definition) is 2. The van der Waals surface area contributed by atoms with Crippen molar-refractivity contribution in [2.24, 2.45) is 0 Å². The first kappa shape index (κ1) is 12.5. The third-order valence-electron chi connectivity index (χ3n) is 2.53. The lowest BCUT2D eigenvalue weighted by molar-refractivity contribution is 0.133. The van der Waals surface area contributed by atoms with Gasteiger partial charge in [0.2, 0.25) is 0 Å². The van der Waals surface area contributed by atoms with Gasteiger partial charge in [0.15, 0.2) is 0 Å². The van der Waals surface area contributed by atoms with E-state index in [2.05, 4.69) is 26.2 Å². The molecule has 1 aromatic rings. The number of nitrogens with zero attached hydrogens (tertiary/aromatic N) is 1. The summed E-state index contributed by atoms with van der Waals surface area (Å²) in [7, 11) is 0. The quantitative estimate of drug-likeness (QED) is 0.890. The molecule has 4 heteroatoms. The van der Waals surface area contributed by atoms with Gasteiger partial charge in [0, 0.05) is 10.7 Å². The van der Waals surface area contributed by atoms with Crippen LogP contribution in [0.1, 0.15) is 26.3 Å². The summed E-state index contributed by atoms with van der Waals surface area (Å²) < 4.78 is 0.959. The molecule has 3 nitrogen and oxygen atoms in total. The van der Waals surface area contributed by atoms with Crippen LogP contribution in [0.2, 0.25) is 0 Å². The minimum absolute atomic E-state index is 0.383. The van der Waals surface area contributed by atoms with E-state index in [9.17, 15) is 5.11 Å². The lowest BCUT2D eigenvalue weighted by Gasteiger charge is -2.30. The second kappa shape index (κ2) is 4.49. The Balaban J connectivity index is 2.90. The van der Waals surface area contributed by atoms with Crippen LogP contribution in [0.3, 0.4) is 0 Å². The fourth-order valence-corrected chi connectivity index (χ4v) is 1.53. The molecule has 1 aromatic heterocycles. The summed E-state index contributed by atoms with van der Waals surface area (Å²) in [5, 5.41) is 12.8. The lowest BCUT2D eigenvalue weighted by atomic mass is 9.98. The molecule has 2 N–H and O–H groups in total. The molecule has 0 bridgehead atoms. The van der Waals surface area contributed by atoms with Crippen molar-refractivity contribution in [2.75, 3.05) is 5.32 Å². The Bertz CT molecular complexity index is 350. The fraction of sp³-hybridized carbons (Fsp3) is 0.545. The second-order valence-electron chi connectivity index (χ2n) is 4.34. The van der Waals surface area contributed by atoms with Crippen LogP contribution in [0, 0.1) is 6.92 Å². The molecule has 0 aromatic carbocycles. The van der Waals surface area contributed by atoms with E-state index < -0.39 is 6.10 Å². The zero-order valence-electron chi connectivity index (χ0n) is 9.50. The van der Waals surface area contributed by atoms with Gasteiger partial charge < -0.3 is 10.4 Å². The van der Waals surface area contributed by atoms with Crippen LogP contribution in [-0.2, 0) is 0 Å². The number of aliphatic hydroxyl groups is 1. The van der Waals surface area contributed by atoms with Gasteiger partial charge in [-0.3, -0.25) is 0 Å². The Morgan fingerprint density at radius 3 is 2.60 bits per heavy atom. The number of aromatic nitrogens is 1. The Morgan fingerprint density at radius 2 is 2.13 bits per heavy atom. The third-order valence-corrected chi connectivity index (χ3v) is 2.96. The van der Waals surface area contributed by atoms with Gasteiger partial charge >= 0.3 is 0 Å². The van der Waals surface area contributed by atoms with E-state index >= 15 is 0 Å². The summed E-state index contributed by atoms with van der Waals surface area (Å²) in [5.74, 6) is 0.809. The van der Waals surface area contributed by atoms with Crippen LogP contribution in [-0.4, -0.2) is 21.7 Å². The standard InChI is InChI=1S/C11H17BrN2O/c1-7-5-9(12)6-13-10(7)14-11(3,4)8(2)15/h5-6,8,15H,1-4H3,(H,13,14). The van der Waals surface area contributed by atoms with E-state index in [1.165, 1.54) is 0 Å². The average molecular weight is 273 g/mol. The van der Waals surface area contributed by atoms with Crippen LogP contribution >= 0.6 is 15.9 Å². The van der Waals surface area contributed by atoms with Crippen molar-refractivity contribution >= 4 is 21.7 Å². The SMILES string of the molecule is Cc1cc(Br)cnc1NC(C)(C)C(C)O. The first-order valence-corrected chi connectivity index (χ1v) is 5.70. The van der Waals surface area contributed by atoms with E-state index in [1.54, 1.807) is 13.1 Å². The van der Waals surface area contributed by atoms with Crippen molar-refractivity contribution in [3.05, 3.63) is 22.3 Å². The fourth-order valence-electron chi connectivity index (χ4n) is 1.08. The normalized spacial score (nSPS) is 13.7. The predicted molar refractivity (Wildman–Crippen MR) is 66.1 cm³/mol. The molecule has 1 atom stereocenters. The van der Waals surface area contributed by atoms with Crippen LogP contribution in [0.25, 0.3) is 0 Å². The summed E-state index contributed by atoms with van der Waals surface area (Å²) in [5.41, 5.74) is 0.670. The van der Waals surface area contributed by atoms with Crippen LogP contribution in [0.5, 0.6) is 0 Å². The predicted octanol–water partition coefficient (Wildman–Crippen LogP) is 2.72. The molecular weight excluding hydrogens is 256 g/mol. The zero-order chi connectivity index (χ0) is 11.6. The minimum atomic E-state index is -0.442. The number of nitrogens with one attached hydrogen (secondary N) is 1. The molecule has 1 heterocycles. The van der Waals surface area contributed by atoms with E-state index in [0.717, 1.165) is 15.9 Å². The number of anilines is 1. The van der Waals surface area contributed by atoms with Gasteiger partial charge in [-0.05, 0) is 55.3 Å². The lowest BCUT2D eigenvalue weighted by Crippen LogP contribution is -2.42. The highest BCUT2D eigenvalue weighted by atomic mass is 79.9. The summed E-state index contributed by atoms with van der Waals surface area (Å²) in [6, 6.07) is 1.99. The Kier molecular flexibility index (Phi) is 3.73. The highest BCUT2D eigenvalue weighted by Crippen LogP contribution is 2.21. The molecular formula is C11H17BrN2O. The third kappa shape index (κ3) is 3.18. The maximum Gasteiger partial charge on any atom is 0.129 e. The van der Waals surface area contributed by atoms with Gasteiger partial charge in [-0.15, -0.1) is 0 Å². The first-order valence-electron chi connectivity index (χ1n) is 4.91. The van der Waals surface area contributed by atoms with Crippen molar-refractivity contribution in [1.82, 2.24) is 4.98 Å². The molecule has 0 aliphatic heterocycles. The van der Waals surface area contributed by atoms with Crippen LogP contribution < -0.4 is 5.32 Å². The highest BCUT2D eigenvalue weighted by Gasteiger charge is 2.24. The van der Waals surface area contributed by atoms with E-state index in [-0.39, 0.29) is 5.54 Å². The van der Waals surface area contributed by atoms with Crippen molar-refractivity contribution in [2.45, 2.75) is 39.3 Å². The summed E-state index contributed by atoms with van der Waals surface area (Å²) in [6.45, 7) is 7.64. The summed E-state index contributed by atoms with van der Waals surface area (Å²) >= 11 is 3.37. The maximum atomic E-state index is 9.59. The number of pyridine rings is 1. The topological polar surface area (TPSA) is 45.2 Å². The van der Waals surface area contributed by atoms with Crippen molar-refractivity contribution in [3.8, 4) is 0 Å². The average Bonchev–Trinajstić information content (AvgIpc) is 2.09. The first-order chi connectivity index (χ1) is 6.83. The van der Waals surface area contributed by atoms with Crippen molar-refractivity contribution < 1.29 is 5.11 Å². The highest BCUT2D eigenvalue weighted by molar-refractivity contribution is 9.10. The smallest absolute Gasteiger partial charge is 0.129 e. The summed E-state index contributed by atoms with van der Waals surface area (Å²) in [4.78, 5) is 4.28. The van der Waals surface area contributed by atoms with Gasteiger partial charge in [0.25, 0.3) is 0 Å². The van der Waals surface area contributed by atoms with Crippen molar-refractivity contribution in [1.29, 1.82) is 0 Å². The van der Waals surface area contributed by atoms with Gasteiger partial charge in [-0.2, -0.15) is 0 Å². The minimum Gasteiger partial charge on any atom is -0.391 e. The molecule has 0 amide bonds. The number of rotatable bonds is 3. The zero-order valence-corrected chi connectivity index (χ0v) is 11.1. The molecule has 0 saturated heterocycles. The number of halogens is 1. The second-order valence-corrected chi connectivity index (χ2v) is 5.26. The Labute approximate surface area is 99.1 Å². The van der Waals surface area contributed by atoms with Crippen molar-refractivity contribution in [3.63, 3.8) is 0 Å². The maximum absolute atomic E-state index is 9.59. The van der Waals surface area contributed by atoms with Gasteiger partial charge in [0.1, 0.15) is 5.82 Å². The molecule has 15 heavy (non-hydrogen) atoms.